The average Bonchev–Trinajstić information content (AvgIpc) is 3.14. The van der Waals surface area contributed by atoms with Crippen molar-refractivity contribution in [2.45, 2.75) is 12.7 Å². The van der Waals surface area contributed by atoms with Crippen molar-refractivity contribution in [2.24, 2.45) is 5.73 Å². The van der Waals surface area contributed by atoms with E-state index in [4.69, 9.17) is 11.1 Å². The molecular weight excluding hydrogens is 284 g/mol. The molecule has 3 aromatic heterocycles. The molecule has 1 aliphatic rings. The topological polar surface area (TPSA) is 135 Å². The van der Waals surface area contributed by atoms with Crippen molar-refractivity contribution >= 4 is 16.9 Å². The van der Waals surface area contributed by atoms with Gasteiger partial charge in [0.2, 0.25) is 5.62 Å². The lowest BCUT2D eigenvalue weighted by Gasteiger charge is -2.09. The summed E-state index contributed by atoms with van der Waals surface area (Å²) in [5.41, 5.74) is 10.2. The normalized spacial score (nSPS) is 16.3. The van der Waals surface area contributed by atoms with Crippen LogP contribution in [-0.2, 0) is 6.54 Å². The lowest BCUT2D eigenvalue weighted by molar-refractivity contribution is 0.635. The largest absolute Gasteiger partial charge is 0.343 e. The van der Waals surface area contributed by atoms with Gasteiger partial charge in [-0.25, -0.2) is 9.36 Å². The summed E-state index contributed by atoms with van der Waals surface area (Å²) in [6, 6.07) is 0. The van der Waals surface area contributed by atoms with E-state index in [2.05, 4.69) is 30.8 Å². The summed E-state index contributed by atoms with van der Waals surface area (Å²) >= 11 is 0. The second-order valence-electron chi connectivity index (χ2n) is 4.85. The van der Waals surface area contributed by atoms with E-state index in [0.29, 0.717) is 18.7 Å². The predicted molar refractivity (Wildman–Crippen MR) is 78.2 cm³/mol. The van der Waals surface area contributed by atoms with Crippen LogP contribution >= 0.6 is 0 Å². The second kappa shape index (κ2) is 4.77. The van der Waals surface area contributed by atoms with E-state index in [1.54, 1.807) is 34.1 Å². The minimum Gasteiger partial charge on any atom is -0.343 e. The first-order valence-electron chi connectivity index (χ1n) is 6.80. The molecule has 5 N–H and O–H groups in total. The van der Waals surface area contributed by atoms with Crippen molar-refractivity contribution in [1.82, 2.24) is 29.4 Å². The molecule has 10 heteroatoms. The van der Waals surface area contributed by atoms with Gasteiger partial charge in [0.15, 0.2) is 11.8 Å². The Kier molecular flexibility index (Phi) is 2.76. The van der Waals surface area contributed by atoms with Gasteiger partial charge >= 0.3 is 0 Å². The van der Waals surface area contributed by atoms with Gasteiger partial charge in [-0.05, 0) is 0 Å². The van der Waals surface area contributed by atoms with E-state index in [0.717, 1.165) is 16.9 Å². The Balaban J connectivity index is 1.82. The van der Waals surface area contributed by atoms with Gasteiger partial charge in [-0.2, -0.15) is 10.1 Å². The monoisotopic (exact) mass is 298 g/mol. The van der Waals surface area contributed by atoms with Crippen LogP contribution < -0.4 is 22.1 Å². The van der Waals surface area contributed by atoms with Crippen LogP contribution in [-0.4, -0.2) is 36.0 Å². The van der Waals surface area contributed by atoms with Crippen LogP contribution in [0.5, 0.6) is 0 Å². The molecule has 0 aromatic carbocycles. The van der Waals surface area contributed by atoms with Gasteiger partial charge in [0, 0.05) is 18.9 Å². The molecule has 4 heterocycles. The van der Waals surface area contributed by atoms with E-state index in [1.807, 2.05) is 0 Å². The molecule has 22 heavy (non-hydrogen) atoms. The summed E-state index contributed by atoms with van der Waals surface area (Å²) in [5.74, 6) is 0.730. The highest BCUT2D eigenvalue weighted by atomic mass is 15.6. The third-order valence-electron chi connectivity index (χ3n) is 3.47. The van der Waals surface area contributed by atoms with Crippen molar-refractivity contribution in [1.29, 1.82) is 5.41 Å². The Morgan fingerprint density at radius 1 is 1.32 bits per heavy atom. The zero-order chi connectivity index (χ0) is 15.1. The summed E-state index contributed by atoms with van der Waals surface area (Å²) in [4.78, 5) is 12.6. The Hall–Kier alpha value is -3.01. The highest BCUT2D eigenvalue weighted by Gasteiger charge is 2.26. The molecule has 0 radical (unpaired) electrons. The van der Waals surface area contributed by atoms with Crippen molar-refractivity contribution in [3.63, 3.8) is 0 Å². The van der Waals surface area contributed by atoms with Gasteiger partial charge in [0.1, 0.15) is 11.5 Å². The van der Waals surface area contributed by atoms with E-state index < -0.39 is 0 Å². The van der Waals surface area contributed by atoms with Gasteiger partial charge in [-0.1, -0.05) is 0 Å². The summed E-state index contributed by atoms with van der Waals surface area (Å²) in [5, 5.41) is 16.5. The molecule has 0 spiro atoms. The fraction of sp³-hybridized carbons (Fsp3) is 0.250. The fourth-order valence-corrected chi connectivity index (χ4v) is 2.49. The molecule has 0 saturated heterocycles. The number of rotatable bonds is 3. The molecule has 0 amide bonds. The summed E-state index contributed by atoms with van der Waals surface area (Å²) in [7, 11) is 0. The summed E-state index contributed by atoms with van der Waals surface area (Å²) < 4.78 is 3.28. The van der Waals surface area contributed by atoms with Crippen LogP contribution in [0.1, 0.15) is 11.9 Å². The van der Waals surface area contributed by atoms with Crippen LogP contribution in [0, 0.1) is 5.41 Å². The molecule has 1 unspecified atom stereocenters. The molecular formula is C12H14N10. The maximum absolute atomic E-state index is 8.09. The Labute approximate surface area is 124 Å². The SMILES string of the molecule is N=c1nc2c(cnn2CCN)c2n1NC(c1cnccn1)N2. The molecule has 4 rings (SSSR count). The smallest absolute Gasteiger partial charge is 0.244 e. The Morgan fingerprint density at radius 3 is 3.00 bits per heavy atom. The molecule has 0 aliphatic carbocycles. The van der Waals surface area contributed by atoms with E-state index in [1.165, 1.54) is 0 Å². The van der Waals surface area contributed by atoms with Gasteiger partial charge in [0.25, 0.3) is 0 Å². The number of hydrogen-bond acceptors (Lipinski definition) is 8. The maximum Gasteiger partial charge on any atom is 0.244 e. The first-order chi connectivity index (χ1) is 10.8. The van der Waals surface area contributed by atoms with Gasteiger partial charge in [-0.3, -0.25) is 20.8 Å². The third kappa shape index (κ3) is 1.81. The van der Waals surface area contributed by atoms with E-state index in [9.17, 15) is 0 Å². The van der Waals surface area contributed by atoms with Gasteiger partial charge in [-0.15, -0.1) is 0 Å². The zero-order valence-corrected chi connectivity index (χ0v) is 11.6. The minimum atomic E-state index is -0.275. The molecule has 10 nitrogen and oxygen atoms in total. The lowest BCUT2D eigenvalue weighted by atomic mass is 10.3. The van der Waals surface area contributed by atoms with Gasteiger partial charge in [0.05, 0.1) is 24.3 Å². The van der Waals surface area contributed by atoms with Gasteiger partial charge < -0.3 is 11.1 Å². The number of anilines is 1. The van der Waals surface area contributed by atoms with E-state index >= 15 is 0 Å². The first-order valence-corrected chi connectivity index (χ1v) is 6.80. The summed E-state index contributed by atoms with van der Waals surface area (Å²) in [6.45, 7) is 1.02. The van der Waals surface area contributed by atoms with Crippen LogP contribution in [0.3, 0.4) is 0 Å². The molecule has 1 aliphatic heterocycles. The van der Waals surface area contributed by atoms with Crippen LogP contribution in [0.15, 0.2) is 24.8 Å². The molecule has 0 saturated carbocycles. The molecule has 0 fully saturated rings. The number of fused-ring (bicyclic) bond motifs is 3. The number of nitrogens with one attached hydrogen (secondary N) is 3. The minimum absolute atomic E-state index is 0.0835. The number of aromatic nitrogens is 6. The molecule has 112 valence electrons. The molecule has 3 aromatic rings. The van der Waals surface area contributed by atoms with Crippen molar-refractivity contribution < 1.29 is 0 Å². The average molecular weight is 298 g/mol. The highest BCUT2D eigenvalue weighted by molar-refractivity contribution is 5.87. The van der Waals surface area contributed by atoms with E-state index in [-0.39, 0.29) is 11.8 Å². The van der Waals surface area contributed by atoms with Crippen LogP contribution in [0.4, 0.5) is 5.82 Å². The van der Waals surface area contributed by atoms with Crippen molar-refractivity contribution in [3.05, 3.63) is 36.1 Å². The quantitative estimate of drug-likeness (QED) is 0.493. The van der Waals surface area contributed by atoms with Crippen LogP contribution in [0.25, 0.3) is 11.0 Å². The second-order valence-corrected chi connectivity index (χ2v) is 4.85. The lowest BCUT2D eigenvalue weighted by Crippen LogP contribution is -2.29. The standard InChI is InChI=1S/C12H14N10/c13-1-4-21-10-7(5-17-21)11-18-9(8-6-15-2-3-16-8)20-22(11)12(14)19-10/h2-3,5-6,9,14,18,20H,1,4,13H2. The zero-order valence-electron chi connectivity index (χ0n) is 11.6. The number of hydrogen-bond donors (Lipinski definition) is 4. The van der Waals surface area contributed by atoms with Crippen LogP contribution in [0.2, 0.25) is 0 Å². The summed E-state index contributed by atoms with van der Waals surface area (Å²) in [6.07, 6.45) is 6.36. The Bertz CT molecular complexity index is 880. The number of nitrogens with two attached hydrogens (primary N) is 1. The molecule has 1 atom stereocenters. The predicted octanol–water partition coefficient (Wildman–Crippen LogP) is -0.871. The Morgan fingerprint density at radius 2 is 2.23 bits per heavy atom. The number of nitrogens with zero attached hydrogens (tertiary/aromatic N) is 6. The fourth-order valence-electron chi connectivity index (χ4n) is 2.49. The molecule has 0 bridgehead atoms. The first kappa shape index (κ1) is 12.7. The van der Waals surface area contributed by atoms with Crippen molar-refractivity contribution in [2.75, 3.05) is 17.3 Å². The highest BCUT2D eigenvalue weighted by Crippen LogP contribution is 2.27. The maximum atomic E-state index is 8.09. The third-order valence-corrected chi connectivity index (χ3v) is 3.47. The van der Waals surface area contributed by atoms with Crippen molar-refractivity contribution in [3.8, 4) is 0 Å².